The van der Waals surface area contributed by atoms with Crippen LogP contribution in [0, 0.1) is 0 Å². The van der Waals surface area contributed by atoms with Crippen LogP contribution in [0.2, 0.25) is 0 Å². The van der Waals surface area contributed by atoms with Crippen molar-refractivity contribution in [3.8, 4) is 0 Å². The molecule has 0 aromatic carbocycles. The molecule has 18 heavy (non-hydrogen) atoms. The Balaban J connectivity index is 2.03. The molecule has 2 aromatic heterocycles. The van der Waals surface area contributed by atoms with E-state index in [2.05, 4.69) is 25.6 Å². The van der Waals surface area contributed by atoms with Crippen LogP contribution in [0.15, 0.2) is 16.7 Å². The lowest BCUT2D eigenvalue weighted by molar-refractivity contribution is 0.465. The molecule has 0 aliphatic rings. The van der Waals surface area contributed by atoms with Gasteiger partial charge in [0.25, 0.3) is 0 Å². The van der Waals surface area contributed by atoms with Gasteiger partial charge in [0.05, 0.1) is 12.7 Å². The van der Waals surface area contributed by atoms with Gasteiger partial charge in [-0.05, 0) is 0 Å². The van der Waals surface area contributed by atoms with Crippen molar-refractivity contribution in [1.82, 2.24) is 15.0 Å². The SMILES string of the molecule is CCc1cnc(CNc2cc(NC)nc(N)n2)o1. The largest absolute Gasteiger partial charge is 0.444 e. The van der Waals surface area contributed by atoms with Crippen molar-refractivity contribution in [3.63, 3.8) is 0 Å². The van der Waals surface area contributed by atoms with Crippen molar-refractivity contribution in [1.29, 1.82) is 0 Å². The molecular weight excluding hydrogens is 232 g/mol. The van der Waals surface area contributed by atoms with Crippen LogP contribution in [-0.4, -0.2) is 22.0 Å². The Labute approximate surface area is 105 Å². The molecule has 0 spiro atoms. The Morgan fingerprint density at radius 3 is 2.78 bits per heavy atom. The van der Waals surface area contributed by atoms with Crippen LogP contribution in [-0.2, 0) is 13.0 Å². The first-order valence-electron chi connectivity index (χ1n) is 5.71. The van der Waals surface area contributed by atoms with E-state index in [-0.39, 0.29) is 5.95 Å². The highest BCUT2D eigenvalue weighted by atomic mass is 16.4. The number of nitrogens with two attached hydrogens (primary N) is 1. The Bertz CT molecular complexity index is 524. The maximum atomic E-state index is 5.59. The van der Waals surface area contributed by atoms with Crippen LogP contribution in [0.4, 0.5) is 17.6 Å². The Kier molecular flexibility index (Phi) is 3.61. The van der Waals surface area contributed by atoms with Gasteiger partial charge in [-0.3, -0.25) is 0 Å². The van der Waals surface area contributed by atoms with E-state index in [4.69, 9.17) is 10.2 Å². The van der Waals surface area contributed by atoms with Crippen molar-refractivity contribution in [2.24, 2.45) is 0 Å². The van der Waals surface area contributed by atoms with E-state index in [0.717, 1.165) is 12.2 Å². The average Bonchev–Trinajstić information content (AvgIpc) is 2.83. The van der Waals surface area contributed by atoms with Gasteiger partial charge in [-0.25, -0.2) is 4.98 Å². The molecule has 0 unspecified atom stereocenters. The average molecular weight is 248 g/mol. The highest BCUT2D eigenvalue weighted by molar-refractivity contribution is 5.50. The van der Waals surface area contributed by atoms with Gasteiger partial charge in [-0.1, -0.05) is 6.92 Å². The standard InChI is InChI=1S/C11H16N6O/c1-3-7-5-15-10(18-7)6-14-9-4-8(13-2)16-11(12)17-9/h4-5H,3,6H2,1-2H3,(H4,12,13,14,16,17). The molecule has 0 fully saturated rings. The summed E-state index contributed by atoms with van der Waals surface area (Å²) in [6, 6.07) is 1.76. The molecule has 0 aliphatic heterocycles. The van der Waals surface area contributed by atoms with Crippen LogP contribution in [0.3, 0.4) is 0 Å². The molecule has 2 heterocycles. The molecule has 0 saturated carbocycles. The first-order chi connectivity index (χ1) is 8.71. The number of anilines is 3. The number of nitrogens with zero attached hydrogens (tertiary/aromatic N) is 3. The zero-order valence-corrected chi connectivity index (χ0v) is 10.4. The topological polar surface area (TPSA) is 102 Å². The first-order valence-corrected chi connectivity index (χ1v) is 5.71. The molecular formula is C11H16N6O. The maximum Gasteiger partial charge on any atom is 0.223 e. The summed E-state index contributed by atoms with van der Waals surface area (Å²) in [5.41, 5.74) is 5.59. The minimum Gasteiger partial charge on any atom is -0.444 e. The Morgan fingerprint density at radius 1 is 1.33 bits per heavy atom. The van der Waals surface area contributed by atoms with Crippen LogP contribution >= 0.6 is 0 Å². The van der Waals surface area contributed by atoms with Gasteiger partial charge >= 0.3 is 0 Å². The van der Waals surface area contributed by atoms with Crippen molar-refractivity contribution < 1.29 is 4.42 Å². The lowest BCUT2D eigenvalue weighted by atomic mass is 10.4. The number of oxazole rings is 1. The van der Waals surface area contributed by atoms with Gasteiger partial charge < -0.3 is 20.8 Å². The molecule has 0 atom stereocenters. The van der Waals surface area contributed by atoms with Crippen molar-refractivity contribution in [3.05, 3.63) is 23.9 Å². The van der Waals surface area contributed by atoms with Crippen LogP contribution in [0.5, 0.6) is 0 Å². The van der Waals surface area contributed by atoms with Crippen LogP contribution in [0.25, 0.3) is 0 Å². The fourth-order valence-corrected chi connectivity index (χ4v) is 1.44. The summed E-state index contributed by atoms with van der Waals surface area (Å²) >= 11 is 0. The second-order valence-electron chi connectivity index (χ2n) is 3.67. The van der Waals surface area contributed by atoms with Gasteiger partial charge in [-0.2, -0.15) is 9.97 Å². The van der Waals surface area contributed by atoms with Crippen molar-refractivity contribution in [2.75, 3.05) is 23.4 Å². The van der Waals surface area contributed by atoms with E-state index < -0.39 is 0 Å². The Morgan fingerprint density at radius 2 is 2.11 bits per heavy atom. The van der Waals surface area contributed by atoms with E-state index >= 15 is 0 Å². The quantitative estimate of drug-likeness (QED) is 0.732. The molecule has 0 saturated heterocycles. The minimum absolute atomic E-state index is 0.214. The van der Waals surface area contributed by atoms with E-state index in [1.807, 2.05) is 6.92 Å². The second-order valence-corrected chi connectivity index (χ2v) is 3.67. The molecule has 2 rings (SSSR count). The predicted molar refractivity (Wildman–Crippen MR) is 69.2 cm³/mol. The zero-order valence-electron chi connectivity index (χ0n) is 10.4. The molecule has 96 valence electrons. The van der Waals surface area contributed by atoms with Gasteiger partial charge in [0.15, 0.2) is 0 Å². The summed E-state index contributed by atoms with van der Waals surface area (Å²) in [4.78, 5) is 12.2. The number of nitrogen functional groups attached to an aromatic ring is 1. The lowest BCUT2D eigenvalue weighted by Crippen LogP contribution is -2.06. The monoisotopic (exact) mass is 248 g/mol. The van der Waals surface area contributed by atoms with E-state index in [1.54, 1.807) is 19.3 Å². The fraction of sp³-hybridized carbons (Fsp3) is 0.364. The first kappa shape index (κ1) is 12.2. The molecule has 0 aliphatic carbocycles. The molecule has 7 heteroatoms. The summed E-state index contributed by atoms with van der Waals surface area (Å²) < 4.78 is 5.48. The molecule has 0 amide bonds. The third-order valence-corrected chi connectivity index (χ3v) is 2.37. The number of aromatic nitrogens is 3. The predicted octanol–water partition coefficient (Wildman–Crippen LogP) is 1.26. The number of aryl methyl sites for hydroxylation is 1. The van der Waals surface area contributed by atoms with E-state index in [0.29, 0.717) is 24.1 Å². The second kappa shape index (κ2) is 5.35. The third-order valence-electron chi connectivity index (χ3n) is 2.37. The summed E-state index contributed by atoms with van der Waals surface area (Å²) in [5.74, 6) is 2.99. The highest BCUT2D eigenvalue weighted by Crippen LogP contribution is 2.13. The maximum absolute atomic E-state index is 5.59. The third kappa shape index (κ3) is 2.88. The molecule has 0 radical (unpaired) electrons. The van der Waals surface area contributed by atoms with Gasteiger partial charge in [0, 0.05) is 19.5 Å². The van der Waals surface area contributed by atoms with Crippen LogP contribution < -0.4 is 16.4 Å². The number of hydrogen-bond acceptors (Lipinski definition) is 7. The van der Waals surface area contributed by atoms with Crippen molar-refractivity contribution in [2.45, 2.75) is 19.9 Å². The summed E-state index contributed by atoms with van der Waals surface area (Å²) in [5, 5.41) is 6.00. The fourth-order valence-electron chi connectivity index (χ4n) is 1.44. The summed E-state index contributed by atoms with van der Waals surface area (Å²) in [6.45, 7) is 2.47. The number of hydrogen-bond donors (Lipinski definition) is 3. The van der Waals surface area contributed by atoms with E-state index in [1.165, 1.54) is 0 Å². The summed E-state index contributed by atoms with van der Waals surface area (Å²) in [6.07, 6.45) is 2.56. The highest BCUT2D eigenvalue weighted by Gasteiger charge is 2.04. The smallest absolute Gasteiger partial charge is 0.223 e. The Hall–Kier alpha value is -2.31. The molecule has 2 aromatic rings. The van der Waals surface area contributed by atoms with E-state index in [9.17, 15) is 0 Å². The number of rotatable bonds is 5. The van der Waals surface area contributed by atoms with Crippen LogP contribution in [0.1, 0.15) is 18.6 Å². The molecule has 0 bridgehead atoms. The van der Waals surface area contributed by atoms with Crippen molar-refractivity contribution >= 4 is 17.6 Å². The minimum atomic E-state index is 0.214. The van der Waals surface area contributed by atoms with Gasteiger partial charge in [0.1, 0.15) is 17.4 Å². The molecule has 4 N–H and O–H groups in total. The van der Waals surface area contributed by atoms with Gasteiger partial charge in [-0.15, -0.1) is 0 Å². The molecule has 7 nitrogen and oxygen atoms in total. The number of nitrogens with one attached hydrogen (secondary N) is 2. The van der Waals surface area contributed by atoms with Gasteiger partial charge in [0.2, 0.25) is 11.8 Å². The lowest BCUT2D eigenvalue weighted by Gasteiger charge is -2.06. The normalized spacial score (nSPS) is 10.3. The zero-order chi connectivity index (χ0) is 13.0. The summed E-state index contributed by atoms with van der Waals surface area (Å²) in [7, 11) is 1.77.